The number of anilines is 2. The van der Waals surface area contributed by atoms with Crippen LogP contribution in [0.4, 0.5) is 10.8 Å². The van der Waals surface area contributed by atoms with Gasteiger partial charge >= 0.3 is 0 Å². The Morgan fingerprint density at radius 2 is 1.89 bits per heavy atom. The van der Waals surface area contributed by atoms with Gasteiger partial charge in [-0.3, -0.25) is 14.9 Å². The van der Waals surface area contributed by atoms with E-state index in [1.54, 1.807) is 6.07 Å². The van der Waals surface area contributed by atoms with Crippen LogP contribution in [0.5, 0.6) is 0 Å². The molecule has 2 aromatic carbocycles. The van der Waals surface area contributed by atoms with Gasteiger partial charge in [0, 0.05) is 23.5 Å². The van der Waals surface area contributed by atoms with Gasteiger partial charge < -0.3 is 10.3 Å². The average Bonchev–Trinajstić information content (AvgIpc) is 3.17. The number of nitrogens with zero attached hydrogens (tertiary/aromatic N) is 1. The molecule has 136 valence electrons. The minimum absolute atomic E-state index is 0.128. The van der Waals surface area contributed by atoms with E-state index in [2.05, 4.69) is 26.7 Å². The Kier molecular flexibility index (Phi) is 4.16. The summed E-state index contributed by atoms with van der Waals surface area (Å²) in [4.78, 5) is 31.5. The lowest BCUT2D eigenvalue weighted by molar-refractivity contribution is -0.114. The van der Waals surface area contributed by atoms with E-state index in [1.807, 2.05) is 38.1 Å². The van der Waals surface area contributed by atoms with E-state index >= 15 is 0 Å². The highest BCUT2D eigenvalue weighted by Crippen LogP contribution is 2.29. The predicted octanol–water partition coefficient (Wildman–Crippen LogP) is 4.61. The number of fused-ring (bicyclic) bond motifs is 2. The molecular formula is C20H18N4O2S. The van der Waals surface area contributed by atoms with Crippen molar-refractivity contribution in [2.45, 2.75) is 20.8 Å². The molecule has 3 N–H and O–H groups in total. The SMILES string of the molecule is CC(=O)Nc1ccc2nc(NC(=O)c3cc4c(C)cc(C)cc4[nH]3)sc2c1. The molecular weight excluding hydrogens is 360 g/mol. The summed E-state index contributed by atoms with van der Waals surface area (Å²) in [6, 6.07) is 11.4. The fourth-order valence-corrected chi connectivity index (χ4v) is 4.05. The second-order valence-electron chi connectivity index (χ2n) is 6.56. The smallest absolute Gasteiger partial charge is 0.273 e. The van der Waals surface area contributed by atoms with Crippen molar-refractivity contribution in [3.63, 3.8) is 0 Å². The fraction of sp³-hybridized carbons (Fsp3) is 0.150. The molecule has 27 heavy (non-hydrogen) atoms. The molecule has 0 aliphatic heterocycles. The normalized spacial score (nSPS) is 11.1. The topological polar surface area (TPSA) is 86.9 Å². The number of amides is 2. The van der Waals surface area contributed by atoms with E-state index in [0.717, 1.165) is 32.2 Å². The molecule has 2 aromatic heterocycles. The van der Waals surface area contributed by atoms with Crippen LogP contribution in [0.3, 0.4) is 0 Å². The molecule has 4 aromatic rings. The van der Waals surface area contributed by atoms with E-state index in [4.69, 9.17) is 0 Å². The Morgan fingerprint density at radius 3 is 2.67 bits per heavy atom. The van der Waals surface area contributed by atoms with Gasteiger partial charge in [0.25, 0.3) is 5.91 Å². The van der Waals surface area contributed by atoms with Crippen LogP contribution in [0.1, 0.15) is 28.5 Å². The molecule has 0 saturated heterocycles. The Balaban J connectivity index is 1.60. The highest BCUT2D eigenvalue weighted by molar-refractivity contribution is 7.22. The maximum atomic E-state index is 12.6. The van der Waals surface area contributed by atoms with Crippen molar-refractivity contribution in [1.29, 1.82) is 0 Å². The standard InChI is InChI=1S/C20H18N4O2S/c1-10-6-11(2)14-9-17(22-16(14)7-10)19(26)24-20-23-15-5-4-13(21-12(3)25)8-18(15)27-20/h4-9,22H,1-3H3,(H,21,25)(H,23,24,26). The first kappa shape index (κ1) is 17.2. The number of carbonyl (C=O) groups is 2. The molecule has 0 saturated carbocycles. The Hall–Kier alpha value is -3.19. The van der Waals surface area contributed by atoms with Gasteiger partial charge in [-0.25, -0.2) is 4.98 Å². The summed E-state index contributed by atoms with van der Waals surface area (Å²) >= 11 is 1.37. The van der Waals surface area contributed by atoms with Gasteiger partial charge in [-0.2, -0.15) is 0 Å². The number of rotatable bonds is 3. The molecule has 0 spiro atoms. The molecule has 4 rings (SSSR count). The maximum absolute atomic E-state index is 12.6. The van der Waals surface area contributed by atoms with Crippen molar-refractivity contribution >= 4 is 55.1 Å². The minimum atomic E-state index is -0.232. The van der Waals surface area contributed by atoms with Crippen LogP contribution >= 0.6 is 11.3 Å². The first-order chi connectivity index (χ1) is 12.9. The molecule has 6 nitrogen and oxygen atoms in total. The average molecular weight is 378 g/mol. The summed E-state index contributed by atoms with van der Waals surface area (Å²) in [5, 5.41) is 7.15. The van der Waals surface area contributed by atoms with Crippen molar-refractivity contribution in [3.05, 3.63) is 53.2 Å². The van der Waals surface area contributed by atoms with Crippen LogP contribution in [0.2, 0.25) is 0 Å². The number of aromatic amines is 1. The quantitative estimate of drug-likeness (QED) is 0.487. The molecule has 0 unspecified atom stereocenters. The van der Waals surface area contributed by atoms with Gasteiger partial charge in [0.15, 0.2) is 5.13 Å². The number of aromatic nitrogens is 2. The molecule has 7 heteroatoms. The first-order valence-corrected chi connectivity index (χ1v) is 9.30. The van der Waals surface area contributed by atoms with E-state index in [-0.39, 0.29) is 11.8 Å². The molecule has 0 aliphatic carbocycles. The van der Waals surface area contributed by atoms with Crippen LogP contribution in [0, 0.1) is 13.8 Å². The van der Waals surface area contributed by atoms with Gasteiger partial charge in [-0.05, 0) is 55.3 Å². The van der Waals surface area contributed by atoms with Crippen molar-refractivity contribution in [1.82, 2.24) is 9.97 Å². The number of aryl methyl sites for hydroxylation is 2. The summed E-state index contributed by atoms with van der Waals surface area (Å²) in [6.07, 6.45) is 0. The molecule has 0 bridgehead atoms. The van der Waals surface area contributed by atoms with Crippen LogP contribution in [0.15, 0.2) is 36.4 Å². The lowest BCUT2D eigenvalue weighted by Crippen LogP contribution is -2.11. The summed E-state index contributed by atoms with van der Waals surface area (Å²) in [5.74, 6) is -0.360. The van der Waals surface area contributed by atoms with Gasteiger partial charge in [0.2, 0.25) is 5.91 Å². The Morgan fingerprint density at radius 1 is 1.07 bits per heavy atom. The van der Waals surface area contributed by atoms with Gasteiger partial charge in [-0.15, -0.1) is 0 Å². The van der Waals surface area contributed by atoms with E-state index in [9.17, 15) is 9.59 Å². The third kappa shape index (κ3) is 3.41. The zero-order valence-electron chi connectivity index (χ0n) is 15.1. The van der Waals surface area contributed by atoms with Crippen LogP contribution in [-0.4, -0.2) is 21.8 Å². The fourth-order valence-electron chi connectivity index (χ4n) is 3.15. The van der Waals surface area contributed by atoms with Gasteiger partial charge in [-0.1, -0.05) is 17.4 Å². The molecule has 0 atom stereocenters. The Labute approximate surface area is 159 Å². The van der Waals surface area contributed by atoms with E-state index in [0.29, 0.717) is 16.5 Å². The van der Waals surface area contributed by atoms with Crippen molar-refractivity contribution in [2.75, 3.05) is 10.6 Å². The van der Waals surface area contributed by atoms with E-state index < -0.39 is 0 Å². The third-order valence-electron chi connectivity index (χ3n) is 4.26. The predicted molar refractivity (Wildman–Crippen MR) is 110 cm³/mol. The summed E-state index contributed by atoms with van der Waals surface area (Å²) in [6.45, 7) is 5.53. The lowest BCUT2D eigenvalue weighted by Gasteiger charge is -1.99. The second kappa shape index (κ2) is 6.51. The molecule has 0 radical (unpaired) electrons. The molecule has 2 amide bonds. The van der Waals surface area contributed by atoms with Crippen LogP contribution < -0.4 is 10.6 Å². The zero-order valence-corrected chi connectivity index (χ0v) is 16.0. The van der Waals surface area contributed by atoms with Crippen LogP contribution in [-0.2, 0) is 4.79 Å². The van der Waals surface area contributed by atoms with Crippen molar-refractivity contribution in [3.8, 4) is 0 Å². The van der Waals surface area contributed by atoms with Gasteiger partial charge in [0.1, 0.15) is 5.69 Å². The first-order valence-electron chi connectivity index (χ1n) is 8.48. The molecule has 0 aliphatic rings. The zero-order chi connectivity index (χ0) is 19.1. The molecule has 0 fully saturated rings. The number of nitrogens with one attached hydrogen (secondary N) is 3. The van der Waals surface area contributed by atoms with E-state index in [1.165, 1.54) is 18.3 Å². The monoisotopic (exact) mass is 378 g/mol. The molecule has 2 heterocycles. The number of hydrogen-bond donors (Lipinski definition) is 3. The number of H-pyrrole nitrogens is 1. The van der Waals surface area contributed by atoms with Crippen molar-refractivity contribution in [2.24, 2.45) is 0 Å². The summed E-state index contributed by atoms with van der Waals surface area (Å²) < 4.78 is 0.889. The number of benzene rings is 2. The minimum Gasteiger partial charge on any atom is -0.351 e. The van der Waals surface area contributed by atoms with Crippen LogP contribution in [0.25, 0.3) is 21.1 Å². The second-order valence-corrected chi connectivity index (χ2v) is 7.59. The summed E-state index contributed by atoms with van der Waals surface area (Å²) in [7, 11) is 0. The lowest BCUT2D eigenvalue weighted by atomic mass is 10.1. The highest BCUT2D eigenvalue weighted by atomic mass is 32.1. The summed E-state index contributed by atoms with van der Waals surface area (Å²) in [5.41, 5.74) is 5.20. The number of thiazole rings is 1. The third-order valence-corrected chi connectivity index (χ3v) is 5.20. The van der Waals surface area contributed by atoms with Crippen molar-refractivity contribution < 1.29 is 9.59 Å². The maximum Gasteiger partial charge on any atom is 0.273 e. The number of hydrogen-bond acceptors (Lipinski definition) is 4. The number of carbonyl (C=O) groups excluding carboxylic acids is 2. The highest BCUT2D eigenvalue weighted by Gasteiger charge is 2.14. The largest absolute Gasteiger partial charge is 0.351 e. The van der Waals surface area contributed by atoms with Gasteiger partial charge in [0.05, 0.1) is 10.2 Å². The Bertz CT molecular complexity index is 1210.